The van der Waals surface area contributed by atoms with E-state index in [1.807, 2.05) is 24.3 Å². The van der Waals surface area contributed by atoms with Crippen LogP contribution in [0, 0.1) is 29.1 Å². The zero-order valence-electron chi connectivity index (χ0n) is 15.4. The Labute approximate surface area is 168 Å². The van der Waals surface area contributed by atoms with E-state index in [0.717, 1.165) is 29.4 Å². The van der Waals surface area contributed by atoms with E-state index in [-0.39, 0.29) is 40.9 Å². The lowest BCUT2D eigenvalue weighted by Crippen LogP contribution is -2.42. The van der Waals surface area contributed by atoms with Gasteiger partial charge in [0.05, 0.1) is 11.8 Å². The van der Waals surface area contributed by atoms with Crippen molar-refractivity contribution in [1.29, 1.82) is 0 Å². The zero-order chi connectivity index (χ0) is 19.0. The smallest absolute Gasteiger partial charge is 0.228 e. The van der Waals surface area contributed by atoms with Gasteiger partial charge in [-0.2, -0.15) is 0 Å². The highest BCUT2D eigenvalue weighted by Gasteiger charge is 2.69. The summed E-state index contributed by atoms with van der Waals surface area (Å²) < 4.78 is 6.01. The Morgan fingerprint density at radius 3 is 2.33 bits per heavy atom. The maximum Gasteiger partial charge on any atom is 0.228 e. The van der Waals surface area contributed by atoms with Crippen LogP contribution in [0.5, 0.6) is 0 Å². The van der Waals surface area contributed by atoms with E-state index < -0.39 is 0 Å². The Bertz CT molecular complexity index is 757. The van der Waals surface area contributed by atoms with Crippen molar-refractivity contribution in [3.63, 3.8) is 0 Å². The second-order valence-corrected chi connectivity index (χ2v) is 8.77. The SMILES string of the molecule is COCCCNC(=O)[C@H]1[C@H](C(=O)Nc2ccc(Br)cc2)[C@H]2C=C[C@H]1C21CC1. The van der Waals surface area contributed by atoms with Gasteiger partial charge >= 0.3 is 0 Å². The number of hydrogen-bond donors (Lipinski definition) is 2. The number of ether oxygens (including phenoxy) is 1. The summed E-state index contributed by atoms with van der Waals surface area (Å²) in [6.45, 7) is 1.20. The highest BCUT2D eigenvalue weighted by atomic mass is 79.9. The molecule has 0 radical (unpaired) electrons. The Balaban J connectivity index is 1.50. The van der Waals surface area contributed by atoms with E-state index >= 15 is 0 Å². The molecule has 27 heavy (non-hydrogen) atoms. The highest BCUT2D eigenvalue weighted by Crippen LogP contribution is 2.72. The predicted molar refractivity (Wildman–Crippen MR) is 107 cm³/mol. The normalized spacial score (nSPS) is 29.1. The fourth-order valence-electron chi connectivity index (χ4n) is 5.01. The lowest BCUT2D eigenvalue weighted by molar-refractivity contribution is -0.132. The monoisotopic (exact) mass is 432 g/mol. The third-order valence-corrected chi connectivity index (χ3v) is 6.91. The number of rotatable bonds is 7. The van der Waals surface area contributed by atoms with Crippen LogP contribution in [0.25, 0.3) is 0 Å². The minimum absolute atomic E-state index is 0.00480. The minimum Gasteiger partial charge on any atom is -0.385 e. The lowest BCUT2D eigenvalue weighted by atomic mass is 9.81. The molecule has 0 aromatic heterocycles. The first kappa shape index (κ1) is 18.7. The summed E-state index contributed by atoms with van der Waals surface area (Å²) in [5, 5.41) is 6.06. The number of allylic oxidation sites excluding steroid dienone is 2. The van der Waals surface area contributed by atoms with Gasteiger partial charge in [0.15, 0.2) is 0 Å². The summed E-state index contributed by atoms with van der Waals surface area (Å²) in [7, 11) is 1.65. The van der Waals surface area contributed by atoms with E-state index in [0.29, 0.717) is 13.2 Å². The molecule has 2 N–H and O–H groups in total. The summed E-state index contributed by atoms with van der Waals surface area (Å²) in [6.07, 6.45) is 7.37. The molecule has 1 aromatic carbocycles. The second-order valence-electron chi connectivity index (χ2n) is 7.85. The van der Waals surface area contributed by atoms with E-state index in [1.165, 1.54) is 0 Å². The Morgan fingerprint density at radius 1 is 1.11 bits per heavy atom. The number of nitrogens with one attached hydrogen (secondary N) is 2. The van der Waals surface area contributed by atoms with Gasteiger partial charge in [-0.05, 0) is 60.8 Å². The van der Waals surface area contributed by atoms with Crippen LogP contribution in [-0.4, -0.2) is 32.1 Å². The molecule has 3 aliphatic rings. The number of benzene rings is 1. The standard InChI is InChI=1S/C21H25BrN2O3/c1-27-12-2-11-23-19(25)17-15-7-8-16(21(15)9-10-21)18(17)20(26)24-14-5-3-13(22)4-6-14/h3-8,15-18H,2,9-12H2,1H3,(H,23,25)(H,24,26)/t15-,16-,17-,18-/m1/s1. The maximum absolute atomic E-state index is 13.1. The van der Waals surface area contributed by atoms with Crippen LogP contribution in [0.4, 0.5) is 5.69 Å². The molecule has 0 aliphatic heterocycles. The molecule has 0 unspecified atom stereocenters. The Morgan fingerprint density at radius 2 is 1.74 bits per heavy atom. The fraction of sp³-hybridized carbons (Fsp3) is 0.524. The van der Waals surface area contributed by atoms with Gasteiger partial charge in [0.25, 0.3) is 0 Å². The quantitative estimate of drug-likeness (QED) is 0.512. The molecule has 1 aromatic rings. The average Bonchev–Trinajstić information content (AvgIpc) is 3.33. The largest absolute Gasteiger partial charge is 0.385 e. The molecule has 0 saturated heterocycles. The van der Waals surface area contributed by atoms with Crippen LogP contribution in [-0.2, 0) is 14.3 Å². The summed E-state index contributed by atoms with van der Waals surface area (Å²) in [4.78, 5) is 26.1. The predicted octanol–water partition coefficient (Wildman–Crippen LogP) is 3.37. The summed E-state index contributed by atoms with van der Waals surface area (Å²) in [5.74, 6) is -0.255. The first-order valence-electron chi connectivity index (χ1n) is 9.58. The molecule has 2 saturated carbocycles. The van der Waals surface area contributed by atoms with Crippen molar-refractivity contribution < 1.29 is 14.3 Å². The second kappa shape index (κ2) is 7.40. The number of carbonyl (C=O) groups is 2. The van der Waals surface area contributed by atoms with Gasteiger partial charge in [0, 0.05) is 30.4 Å². The molecular weight excluding hydrogens is 408 g/mol. The van der Waals surface area contributed by atoms with Crippen LogP contribution in [0.1, 0.15) is 19.3 Å². The number of carbonyl (C=O) groups excluding carboxylic acids is 2. The number of anilines is 1. The summed E-state index contributed by atoms with van der Waals surface area (Å²) in [5.41, 5.74) is 0.912. The van der Waals surface area contributed by atoms with Crippen molar-refractivity contribution in [2.45, 2.75) is 19.3 Å². The molecule has 2 amide bonds. The van der Waals surface area contributed by atoms with Gasteiger partial charge in [-0.1, -0.05) is 28.1 Å². The van der Waals surface area contributed by atoms with Crippen LogP contribution >= 0.6 is 15.9 Å². The van der Waals surface area contributed by atoms with E-state index in [4.69, 9.17) is 4.74 Å². The van der Waals surface area contributed by atoms with Crippen molar-refractivity contribution in [3.05, 3.63) is 40.9 Å². The van der Waals surface area contributed by atoms with Crippen LogP contribution < -0.4 is 10.6 Å². The zero-order valence-corrected chi connectivity index (χ0v) is 17.0. The third kappa shape index (κ3) is 3.34. The third-order valence-electron chi connectivity index (χ3n) is 6.38. The van der Waals surface area contributed by atoms with Crippen molar-refractivity contribution in [2.75, 3.05) is 25.6 Å². The molecule has 1 spiro atoms. The molecule has 144 valence electrons. The Kier molecular flexibility index (Phi) is 5.12. The van der Waals surface area contributed by atoms with Crippen LogP contribution in [0.2, 0.25) is 0 Å². The van der Waals surface area contributed by atoms with Crippen molar-refractivity contribution in [3.8, 4) is 0 Å². The number of amides is 2. The molecule has 5 nitrogen and oxygen atoms in total. The summed E-state index contributed by atoms with van der Waals surface area (Å²) in [6, 6.07) is 7.55. The van der Waals surface area contributed by atoms with Crippen molar-refractivity contribution >= 4 is 33.4 Å². The molecule has 0 heterocycles. The number of hydrogen-bond acceptors (Lipinski definition) is 3. The number of halogens is 1. The molecular formula is C21H25BrN2O3. The van der Waals surface area contributed by atoms with Gasteiger partial charge in [-0.25, -0.2) is 0 Å². The Hall–Kier alpha value is -1.66. The highest BCUT2D eigenvalue weighted by molar-refractivity contribution is 9.10. The molecule has 3 aliphatic carbocycles. The van der Waals surface area contributed by atoms with Crippen LogP contribution in [0.3, 0.4) is 0 Å². The van der Waals surface area contributed by atoms with E-state index in [2.05, 4.69) is 38.7 Å². The topological polar surface area (TPSA) is 67.4 Å². The van der Waals surface area contributed by atoms with Gasteiger partial charge in [0.2, 0.25) is 11.8 Å². The number of methoxy groups -OCH3 is 1. The van der Waals surface area contributed by atoms with Crippen molar-refractivity contribution in [1.82, 2.24) is 5.32 Å². The summed E-state index contributed by atoms with van der Waals surface area (Å²) >= 11 is 3.41. The van der Waals surface area contributed by atoms with Gasteiger partial charge in [0.1, 0.15) is 0 Å². The van der Waals surface area contributed by atoms with E-state index in [1.54, 1.807) is 7.11 Å². The van der Waals surface area contributed by atoms with Crippen molar-refractivity contribution in [2.24, 2.45) is 29.1 Å². The minimum atomic E-state index is -0.298. The first-order chi connectivity index (χ1) is 13.1. The molecule has 6 heteroatoms. The van der Waals surface area contributed by atoms with Gasteiger partial charge in [-0.3, -0.25) is 9.59 Å². The molecule has 2 bridgehead atoms. The fourth-order valence-corrected chi connectivity index (χ4v) is 5.28. The molecule has 2 fully saturated rings. The molecule has 4 rings (SSSR count). The van der Waals surface area contributed by atoms with Crippen LogP contribution in [0.15, 0.2) is 40.9 Å². The first-order valence-corrected chi connectivity index (χ1v) is 10.4. The maximum atomic E-state index is 13.1. The van der Waals surface area contributed by atoms with Gasteiger partial charge in [-0.15, -0.1) is 0 Å². The van der Waals surface area contributed by atoms with E-state index in [9.17, 15) is 9.59 Å². The lowest BCUT2D eigenvalue weighted by Gasteiger charge is -2.26. The van der Waals surface area contributed by atoms with Gasteiger partial charge < -0.3 is 15.4 Å². The average molecular weight is 433 g/mol. The molecule has 4 atom stereocenters.